The van der Waals surface area contributed by atoms with Gasteiger partial charge in [-0.2, -0.15) is 0 Å². The highest BCUT2D eigenvalue weighted by molar-refractivity contribution is 5.84. The minimum absolute atomic E-state index is 0.224. The Bertz CT molecular complexity index is 299. The maximum Gasteiger partial charge on any atom is 0.237 e. The molecule has 3 N–H and O–H groups in total. The van der Waals surface area contributed by atoms with Gasteiger partial charge in [0.1, 0.15) is 0 Å². The van der Waals surface area contributed by atoms with E-state index in [9.17, 15) is 4.79 Å². The molecule has 1 aliphatic carbocycles. The lowest BCUT2D eigenvalue weighted by molar-refractivity contribution is -0.124. The summed E-state index contributed by atoms with van der Waals surface area (Å²) >= 11 is 0. The summed E-state index contributed by atoms with van der Waals surface area (Å²) in [5, 5.41) is 3.40. The molecule has 110 valence electrons. The monoisotopic (exact) mass is 269 g/mol. The van der Waals surface area contributed by atoms with Crippen LogP contribution < -0.4 is 11.1 Å². The van der Waals surface area contributed by atoms with Crippen molar-refractivity contribution in [2.75, 3.05) is 32.8 Å². The van der Waals surface area contributed by atoms with E-state index in [1.165, 1.54) is 12.8 Å². The Morgan fingerprint density at radius 3 is 2.89 bits per heavy atom. The lowest BCUT2D eigenvalue weighted by Gasteiger charge is -2.29. The molecule has 0 aromatic carbocycles. The van der Waals surface area contributed by atoms with E-state index in [0.717, 1.165) is 52.1 Å². The molecule has 1 heterocycles. The number of hydrogen-bond donors (Lipinski definition) is 2. The van der Waals surface area contributed by atoms with Gasteiger partial charge in [-0.1, -0.05) is 0 Å². The fourth-order valence-corrected chi connectivity index (χ4v) is 2.62. The van der Waals surface area contributed by atoms with Crippen LogP contribution in [0.4, 0.5) is 0 Å². The zero-order valence-corrected chi connectivity index (χ0v) is 12.0. The first-order valence-corrected chi connectivity index (χ1v) is 7.48. The molecule has 2 fully saturated rings. The number of nitrogens with zero attached hydrogens (tertiary/aromatic N) is 1. The Kier molecular flexibility index (Phi) is 5.19. The molecule has 0 aromatic rings. The van der Waals surface area contributed by atoms with Crippen LogP contribution in [-0.4, -0.2) is 55.2 Å². The second kappa shape index (κ2) is 6.68. The predicted molar refractivity (Wildman–Crippen MR) is 74.9 cm³/mol. The van der Waals surface area contributed by atoms with Gasteiger partial charge in [0.05, 0.1) is 12.1 Å². The second-order valence-corrected chi connectivity index (χ2v) is 6.03. The van der Waals surface area contributed by atoms with Crippen molar-refractivity contribution in [2.45, 2.75) is 50.6 Å². The standard InChI is InChI=1S/C14H27N3O2/c1-14(13(15)18,16-12-4-5-12)6-2-7-17-8-3-10-19-11-9-17/h12,16H,2-11H2,1H3,(H2,15,18). The van der Waals surface area contributed by atoms with Crippen molar-refractivity contribution in [3.8, 4) is 0 Å². The Labute approximate surface area is 115 Å². The minimum Gasteiger partial charge on any atom is -0.380 e. The summed E-state index contributed by atoms with van der Waals surface area (Å²) in [6.07, 6.45) is 5.27. The molecule has 19 heavy (non-hydrogen) atoms. The highest BCUT2D eigenvalue weighted by Gasteiger charge is 2.36. The molecule has 1 saturated heterocycles. The smallest absolute Gasteiger partial charge is 0.237 e. The topological polar surface area (TPSA) is 67.6 Å². The van der Waals surface area contributed by atoms with Crippen LogP contribution in [0, 0.1) is 0 Å². The fourth-order valence-electron chi connectivity index (χ4n) is 2.62. The number of amides is 1. The number of carbonyl (C=O) groups excluding carboxylic acids is 1. The first-order valence-electron chi connectivity index (χ1n) is 7.48. The van der Waals surface area contributed by atoms with Crippen LogP contribution in [-0.2, 0) is 9.53 Å². The van der Waals surface area contributed by atoms with Crippen molar-refractivity contribution in [3.63, 3.8) is 0 Å². The van der Waals surface area contributed by atoms with E-state index in [4.69, 9.17) is 10.5 Å². The van der Waals surface area contributed by atoms with E-state index in [1.54, 1.807) is 0 Å². The summed E-state index contributed by atoms with van der Waals surface area (Å²) in [4.78, 5) is 14.1. The lowest BCUT2D eigenvalue weighted by Crippen LogP contribution is -2.54. The Morgan fingerprint density at radius 2 is 2.21 bits per heavy atom. The Balaban J connectivity index is 1.73. The average Bonchev–Trinajstić information content (AvgIpc) is 3.16. The maximum absolute atomic E-state index is 11.6. The Morgan fingerprint density at radius 1 is 1.42 bits per heavy atom. The third-order valence-electron chi connectivity index (χ3n) is 4.11. The Hall–Kier alpha value is -0.650. The number of ether oxygens (including phenoxy) is 1. The SMILES string of the molecule is CC(CCCN1CCCOCC1)(NC1CC1)C(N)=O. The zero-order chi connectivity index (χ0) is 13.7. The van der Waals surface area contributed by atoms with E-state index in [2.05, 4.69) is 10.2 Å². The van der Waals surface area contributed by atoms with Crippen LogP contribution in [0.2, 0.25) is 0 Å². The zero-order valence-electron chi connectivity index (χ0n) is 12.0. The third-order valence-corrected chi connectivity index (χ3v) is 4.11. The molecule has 1 aliphatic heterocycles. The summed E-state index contributed by atoms with van der Waals surface area (Å²) < 4.78 is 5.44. The first kappa shape index (κ1) is 14.8. The van der Waals surface area contributed by atoms with Crippen molar-refractivity contribution in [1.29, 1.82) is 0 Å². The molecular weight excluding hydrogens is 242 g/mol. The van der Waals surface area contributed by atoms with E-state index < -0.39 is 5.54 Å². The highest BCUT2D eigenvalue weighted by atomic mass is 16.5. The van der Waals surface area contributed by atoms with Gasteiger partial charge < -0.3 is 20.7 Å². The van der Waals surface area contributed by atoms with Crippen molar-refractivity contribution in [1.82, 2.24) is 10.2 Å². The van der Waals surface area contributed by atoms with Crippen molar-refractivity contribution < 1.29 is 9.53 Å². The van der Waals surface area contributed by atoms with Gasteiger partial charge in [-0.3, -0.25) is 4.79 Å². The van der Waals surface area contributed by atoms with Crippen molar-refractivity contribution >= 4 is 5.91 Å². The summed E-state index contributed by atoms with van der Waals surface area (Å²) in [7, 11) is 0. The van der Waals surface area contributed by atoms with Crippen LogP contribution in [0.3, 0.4) is 0 Å². The van der Waals surface area contributed by atoms with Gasteiger partial charge in [-0.15, -0.1) is 0 Å². The highest BCUT2D eigenvalue weighted by Crippen LogP contribution is 2.24. The van der Waals surface area contributed by atoms with E-state index in [-0.39, 0.29) is 5.91 Å². The minimum atomic E-state index is -0.538. The van der Waals surface area contributed by atoms with Crippen LogP contribution in [0.25, 0.3) is 0 Å². The fraction of sp³-hybridized carbons (Fsp3) is 0.929. The van der Waals surface area contributed by atoms with E-state index >= 15 is 0 Å². The van der Waals surface area contributed by atoms with Gasteiger partial charge in [0, 0.05) is 25.7 Å². The first-order chi connectivity index (χ1) is 9.10. The third kappa shape index (κ3) is 4.75. The number of carbonyl (C=O) groups is 1. The number of nitrogens with one attached hydrogen (secondary N) is 1. The lowest BCUT2D eigenvalue weighted by atomic mass is 9.94. The van der Waals surface area contributed by atoms with Crippen molar-refractivity contribution in [2.24, 2.45) is 5.73 Å². The molecule has 0 bridgehead atoms. The van der Waals surface area contributed by atoms with Gasteiger partial charge in [0.25, 0.3) is 0 Å². The van der Waals surface area contributed by atoms with Crippen LogP contribution >= 0.6 is 0 Å². The molecule has 1 atom stereocenters. The molecule has 1 saturated carbocycles. The summed E-state index contributed by atoms with van der Waals surface area (Å²) in [5.41, 5.74) is 5.02. The normalized spacial score (nSPS) is 24.7. The van der Waals surface area contributed by atoms with E-state index in [0.29, 0.717) is 6.04 Å². The molecule has 5 nitrogen and oxygen atoms in total. The quantitative estimate of drug-likeness (QED) is 0.705. The summed E-state index contributed by atoms with van der Waals surface area (Å²) in [6.45, 7) is 6.77. The van der Waals surface area contributed by atoms with Crippen LogP contribution in [0.15, 0.2) is 0 Å². The van der Waals surface area contributed by atoms with Gasteiger partial charge in [-0.25, -0.2) is 0 Å². The van der Waals surface area contributed by atoms with Gasteiger partial charge in [0.2, 0.25) is 5.91 Å². The number of nitrogens with two attached hydrogens (primary N) is 1. The molecule has 0 aromatic heterocycles. The van der Waals surface area contributed by atoms with Crippen LogP contribution in [0.1, 0.15) is 39.0 Å². The molecule has 0 spiro atoms. The molecule has 2 rings (SSSR count). The molecule has 1 unspecified atom stereocenters. The predicted octanol–water partition coefficient (Wildman–Crippen LogP) is 0.485. The van der Waals surface area contributed by atoms with Crippen molar-refractivity contribution in [3.05, 3.63) is 0 Å². The second-order valence-electron chi connectivity index (χ2n) is 6.03. The number of primary amides is 1. The molecule has 5 heteroatoms. The van der Waals surface area contributed by atoms with E-state index in [1.807, 2.05) is 6.92 Å². The van der Waals surface area contributed by atoms with Gasteiger partial charge in [-0.05, 0) is 45.6 Å². The molecule has 2 aliphatic rings. The number of hydrogen-bond acceptors (Lipinski definition) is 4. The largest absolute Gasteiger partial charge is 0.380 e. The maximum atomic E-state index is 11.6. The van der Waals surface area contributed by atoms with Crippen LogP contribution in [0.5, 0.6) is 0 Å². The molecule has 1 amide bonds. The van der Waals surface area contributed by atoms with Gasteiger partial charge in [0.15, 0.2) is 0 Å². The molecule has 0 radical (unpaired) electrons. The summed E-state index contributed by atoms with van der Waals surface area (Å²) in [5.74, 6) is -0.224. The average molecular weight is 269 g/mol. The summed E-state index contributed by atoms with van der Waals surface area (Å²) in [6, 6.07) is 0.504. The number of rotatable bonds is 7. The van der Waals surface area contributed by atoms with Gasteiger partial charge >= 0.3 is 0 Å². The molecular formula is C14H27N3O2.